The Labute approximate surface area is 138 Å². The Morgan fingerprint density at radius 1 is 1.09 bits per heavy atom. The van der Waals surface area contributed by atoms with Crippen LogP contribution in [0.15, 0.2) is 30.3 Å². The van der Waals surface area contributed by atoms with Gasteiger partial charge in [0.05, 0.1) is 4.88 Å². The van der Waals surface area contributed by atoms with E-state index in [2.05, 4.69) is 0 Å². The highest BCUT2D eigenvalue weighted by Gasteiger charge is 2.24. The van der Waals surface area contributed by atoms with Crippen LogP contribution in [0, 0.1) is 11.6 Å². The number of nitrogens with zero attached hydrogens (tertiary/aromatic N) is 1. The SMILES string of the molecule is CN(C(=O)c1ccc(-c2ccc(F)c(F)c2)s1)C1CCCCC1. The van der Waals surface area contributed by atoms with Gasteiger partial charge in [-0.05, 0) is 42.7 Å². The molecule has 1 amide bonds. The molecule has 0 spiro atoms. The molecule has 1 heterocycles. The first-order chi connectivity index (χ1) is 11.1. The maximum absolute atomic E-state index is 13.4. The molecule has 23 heavy (non-hydrogen) atoms. The fraction of sp³-hybridized carbons (Fsp3) is 0.389. The zero-order chi connectivity index (χ0) is 16.4. The van der Waals surface area contributed by atoms with E-state index in [0.717, 1.165) is 23.8 Å². The number of amides is 1. The molecule has 5 heteroatoms. The lowest BCUT2D eigenvalue weighted by molar-refractivity contribution is 0.0701. The van der Waals surface area contributed by atoms with Gasteiger partial charge >= 0.3 is 0 Å². The summed E-state index contributed by atoms with van der Waals surface area (Å²) in [4.78, 5) is 15.8. The summed E-state index contributed by atoms with van der Waals surface area (Å²) in [5.41, 5.74) is 0.591. The summed E-state index contributed by atoms with van der Waals surface area (Å²) in [6.07, 6.45) is 5.71. The number of benzene rings is 1. The molecule has 0 saturated heterocycles. The Hall–Kier alpha value is -1.75. The van der Waals surface area contributed by atoms with Gasteiger partial charge in [-0.15, -0.1) is 11.3 Å². The van der Waals surface area contributed by atoms with E-state index in [4.69, 9.17) is 0 Å². The zero-order valence-corrected chi connectivity index (χ0v) is 13.8. The quantitative estimate of drug-likeness (QED) is 0.764. The minimum Gasteiger partial charge on any atom is -0.338 e. The summed E-state index contributed by atoms with van der Waals surface area (Å²) in [5.74, 6) is -1.72. The number of hydrogen-bond donors (Lipinski definition) is 0. The normalized spacial score (nSPS) is 15.6. The molecule has 0 N–H and O–H groups in total. The molecule has 1 saturated carbocycles. The van der Waals surface area contributed by atoms with Crippen LogP contribution in [-0.2, 0) is 0 Å². The molecular weight excluding hydrogens is 316 g/mol. The topological polar surface area (TPSA) is 20.3 Å². The van der Waals surface area contributed by atoms with E-state index in [-0.39, 0.29) is 5.91 Å². The van der Waals surface area contributed by atoms with E-state index in [1.54, 1.807) is 12.1 Å². The smallest absolute Gasteiger partial charge is 0.263 e. The van der Waals surface area contributed by atoms with Gasteiger partial charge in [-0.1, -0.05) is 25.3 Å². The molecule has 0 aliphatic heterocycles. The van der Waals surface area contributed by atoms with Gasteiger partial charge in [0.2, 0.25) is 0 Å². The van der Waals surface area contributed by atoms with E-state index in [0.29, 0.717) is 16.5 Å². The van der Waals surface area contributed by atoms with Crippen molar-refractivity contribution in [1.82, 2.24) is 4.90 Å². The average Bonchev–Trinajstić information content (AvgIpc) is 3.07. The van der Waals surface area contributed by atoms with E-state index in [9.17, 15) is 13.6 Å². The van der Waals surface area contributed by atoms with E-state index < -0.39 is 11.6 Å². The van der Waals surface area contributed by atoms with Crippen LogP contribution < -0.4 is 0 Å². The second-order valence-corrected chi connectivity index (χ2v) is 7.08. The van der Waals surface area contributed by atoms with Crippen molar-refractivity contribution in [3.63, 3.8) is 0 Å². The van der Waals surface area contributed by atoms with Crippen LogP contribution >= 0.6 is 11.3 Å². The van der Waals surface area contributed by atoms with E-state index >= 15 is 0 Å². The van der Waals surface area contributed by atoms with Gasteiger partial charge in [-0.3, -0.25) is 4.79 Å². The predicted octanol–water partition coefficient (Wildman–Crippen LogP) is 5.10. The highest BCUT2D eigenvalue weighted by molar-refractivity contribution is 7.17. The first-order valence-electron chi connectivity index (χ1n) is 7.88. The third kappa shape index (κ3) is 3.44. The molecule has 1 aromatic heterocycles. The van der Waals surface area contributed by atoms with Crippen molar-refractivity contribution in [2.75, 3.05) is 7.05 Å². The molecule has 1 aliphatic rings. The van der Waals surface area contributed by atoms with Crippen molar-refractivity contribution in [3.8, 4) is 10.4 Å². The lowest BCUT2D eigenvalue weighted by Crippen LogP contribution is -2.37. The minimum absolute atomic E-state index is 0.00994. The second-order valence-electron chi connectivity index (χ2n) is 6.00. The first-order valence-corrected chi connectivity index (χ1v) is 8.70. The zero-order valence-electron chi connectivity index (χ0n) is 13.0. The minimum atomic E-state index is -0.872. The van der Waals surface area contributed by atoms with Crippen molar-refractivity contribution < 1.29 is 13.6 Å². The van der Waals surface area contributed by atoms with Gasteiger partial charge in [-0.25, -0.2) is 8.78 Å². The van der Waals surface area contributed by atoms with Crippen LogP contribution in [0.25, 0.3) is 10.4 Å². The van der Waals surface area contributed by atoms with Crippen LogP contribution in [0.1, 0.15) is 41.8 Å². The average molecular weight is 335 g/mol. The fourth-order valence-corrected chi connectivity index (χ4v) is 4.05. The Kier molecular flexibility index (Phi) is 4.76. The van der Waals surface area contributed by atoms with Crippen LogP contribution in [0.3, 0.4) is 0 Å². The molecule has 2 nitrogen and oxygen atoms in total. The molecule has 0 unspecified atom stereocenters. The van der Waals surface area contributed by atoms with Gasteiger partial charge in [0.15, 0.2) is 11.6 Å². The van der Waals surface area contributed by atoms with Gasteiger partial charge in [-0.2, -0.15) is 0 Å². The number of hydrogen-bond acceptors (Lipinski definition) is 2. The van der Waals surface area contributed by atoms with Gasteiger partial charge in [0, 0.05) is 18.0 Å². The van der Waals surface area contributed by atoms with Gasteiger partial charge < -0.3 is 4.90 Å². The monoisotopic (exact) mass is 335 g/mol. The second kappa shape index (κ2) is 6.79. The first kappa shape index (κ1) is 16.1. The Bertz CT molecular complexity index is 707. The molecule has 1 fully saturated rings. The molecule has 1 aliphatic carbocycles. The molecule has 0 bridgehead atoms. The predicted molar refractivity (Wildman–Crippen MR) is 88.6 cm³/mol. The molecule has 3 rings (SSSR count). The summed E-state index contributed by atoms with van der Waals surface area (Å²) >= 11 is 1.32. The molecule has 0 atom stereocenters. The number of rotatable bonds is 3. The highest BCUT2D eigenvalue weighted by Crippen LogP contribution is 2.31. The Balaban J connectivity index is 1.77. The summed E-state index contributed by atoms with van der Waals surface area (Å²) in [5, 5.41) is 0. The van der Waals surface area contributed by atoms with Crippen molar-refractivity contribution >= 4 is 17.2 Å². The molecule has 1 aromatic carbocycles. The van der Waals surface area contributed by atoms with E-state index in [1.807, 2.05) is 11.9 Å². The molecular formula is C18H19F2NOS. The van der Waals surface area contributed by atoms with Crippen molar-refractivity contribution in [1.29, 1.82) is 0 Å². The number of carbonyl (C=O) groups is 1. The largest absolute Gasteiger partial charge is 0.338 e. The third-order valence-corrected chi connectivity index (χ3v) is 5.59. The van der Waals surface area contributed by atoms with Crippen molar-refractivity contribution in [3.05, 3.63) is 46.8 Å². The number of carbonyl (C=O) groups excluding carboxylic acids is 1. The lowest BCUT2D eigenvalue weighted by Gasteiger charge is -2.30. The van der Waals surface area contributed by atoms with Crippen LogP contribution in [0.2, 0.25) is 0 Å². The fourth-order valence-electron chi connectivity index (χ4n) is 3.07. The van der Waals surface area contributed by atoms with Crippen molar-refractivity contribution in [2.45, 2.75) is 38.1 Å². The summed E-state index contributed by atoms with van der Waals surface area (Å²) in [7, 11) is 1.86. The standard InChI is InChI=1S/C18H19F2NOS/c1-21(13-5-3-2-4-6-13)18(22)17-10-9-16(23-17)12-7-8-14(19)15(20)11-12/h7-11,13H,2-6H2,1H3. The van der Waals surface area contributed by atoms with E-state index in [1.165, 1.54) is 42.7 Å². The summed E-state index contributed by atoms with van der Waals surface area (Å²) in [6, 6.07) is 7.68. The molecule has 122 valence electrons. The van der Waals surface area contributed by atoms with Gasteiger partial charge in [0.25, 0.3) is 5.91 Å². The number of thiophene rings is 1. The maximum atomic E-state index is 13.4. The van der Waals surface area contributed by atoms with Crippen LogP contribution in [0.4, 0.5) is 8.78 Å². The molecule has 2 aromatic rings. The Morgan fingerprint density at radius 2 is 1.83 bits per heavy atom. The lowest BCUT2D eigenvalue weighted by atomic mass is 9.94. The highest BCUT2D eigenvalue weighted by atomic mass is 32.1. The third-order valence-electron chi connectivity index (χ3n) is 4.46. The van der Waals surface area contributed by atoms with Gasteiger partial charge in [0.1, 0.15) is 0 Å². The van der Waals surface area contributed by atoms with Crippen LogP contribution in [-0.4, -0.2) is 23.9 Å². The Morgan fingerprint density at radius 3 is 2.52 bits per heavy atom. The maximum Gasteiger partial charge on any atom is 0.263 e. The van der Waals surface area contributed by atoms with Crippen LogP contribution in [0.5, 0.6) is 0 Å². The summed E-state index contributed by atoms with van der Waals surface area (Å²) < 4.78 is 26.4. The molecule has 0 radical (unpaired) electrons. The number of halogens is 2. The van der Waals surface area contributed by atoms with Crippen molar-refractivity contribution in [2.24, 2.45) is 0 Å². The summed E-state index contributed by atoms with van der Waals surface area (Å²) in [6.45, 7) is 0.